The largest absolute Gasteiger partial charge is 0.491 e. The van der Waals surface area contributed by atoms with E-state index in [0.717, 1.165) is 42.9 Å². The van der Waals surface area contributed by atoms with Gasteiger partial charge >= 0.3 is 0 Å². The fourth-order valence-electron chi connectivity index (χ4n) is 4.94. The van der Waals surface area contributed by atoms with Crippen LogP contribution in [0.3, 0.4) is 0 Å². The molecule has 0 saturated carbocycles. The van der Waals surface area contributed by atoms with Crippen molar-refractivity contribution in [3.8, 4) is 5.75 Å². The molecule has 0 radical (unpaired) electrons. The van der Waals surface area contributed by atoms with Crippen LogP contribution in [0.4, 0.5) is 4.39 Å². The zero-order valence-corrected chi connectivity index (χ0v) is 24.3. The molecule has 6 heteroatoms. The molecular formula is C34H43FN2O3. The molecule has 2 bridgehead atoms. The molecule has 1 aliphatic heterocycles. The number of fused-ring (bicyclic) bond motifs is 3. The lowest BCUT2D eigenvalue weighted by molar-refractivity contribution is 0.0764. The summed E-state index contributed by atoms with van der Waals surface area (Å²) in [5.74, 6) is 1.02. The average molecular weight is 547 g/mol. The summed E-state index contributed by atoms with van der Waals surface area (Å²) in [5.41, 5.74) is 4.65. The molecule has 1 heterocycles. The second kappa shape index (κ2) is 13.9. The zero-order valence-electron chi connectivity index (χ0n) is 24.3. The summed E-state index contributed by atoms with van der Waals surface area (Å²) in [5, 5.41) is 3.07. The number of halogens is 1. The second-order valence-corrected chi connectivity index (χ2v) is 11.8. The van der Waals surface area contributed by atoms with Gasteiger partial charge in [-0.3, -0.25) is 9.69 Å². The van der Waals surface area contributed by atoms with Gasteiger partial charge in [0.1, 0.15) is 18.2 Å². The van der Waals surface area contributed by atoms with Crippen molar-refractivity contribution >= 4 is 5.91 Å². The molecule has 40 heavy (non-hydrogen) atoms. The van der Waals surface area contributed by atoms with Crippen molar-refractivity contribution in [2.45, 2.75) is 52.5 Å². The molecule has 0 atom stereocenters. The molecule has 1 N–H and O–H groups in total. The van der Waals surface area contributed by atoms with Gasteiger partial charge in [-0.15, -0.1) is 0 Å². The van der Waals surface area contributed by atoms with Gasteiger partial charge in [0.25, 0.3) is 5.91 Å². The average Bonchev–Trinajstić information content (AvgIpc) is 2.92. The number of nitrogens with zero attached hydrogens (tertiary/aromatic N) is 1. The van der Waals surface area contributed by atoms with Crippen molar-refractivity contribution in [2.75, 3.05) is 39.5 Å². The molecule has 3 aromatic rings. The van der Waals surface area contributed by atoms with Crippen molar-refractivity contribution in [3.63, 3.8) is 0 Å². The number of amides is 1. The highest BCUT2D eigenvalue weighted by Gasteiger charge is 2.22. The molecule has 0 spiro atoms. The molecular weight excluding hydrogens is 503 g/mol. The van der Waals surface area contributed by atoms with E-state index in [-0.39, 0.29) is 17.1 Å². The van der Waals surface area contributed by atoms with Gasteiger partial charge in [0.2, 0.25) is 0 Å². The topological polar surface area (TPSA) is 50.8 Å². The third-order valence-corrected chi connectivity index (χ3v) is 7.49. The first-order valence-corrected chi connectivity index (χ1v) is 14.4. The first kappa shape index (κ1) is 29.8. The quantitative estimate of drug-likeness (QED) is 0.374. The summed E-state index contributed by atoms with van der Waals surface area (Å²) in [4.78, 5) is 15.7. The van der Waals surface area contributed by atoms with Crippen LogP contribution in [-0.2, 0) is 23.1 Å². The molecule has 1 aliphatic rings. The molecule has 214 valence electrons. The number of benzene rings is 3. The molecule has 0 aliphatic carbocycles. The number of carbonyl (C=O) groups excluding carboxylic acids is 1. The minimum Gasteiger partial charge on any atom is -0.491 e. The summed E-state index contributed by atoms with van der Waals surface area (Å²) in [6, 6.07) is 20.8. The normalized spacial score (nSPS) is 15.2. The predicted molar refractivity (Wildman–Crippen MR) is 158 cm³/mol. The van der Waals surface area contributed by atoms with Crippen molar-refractivity contribution in [2.24, 2.45) is 5.92 Å². The lowest BCUT2D eigenvalue weighted by atomic mass is 9.84. The van der Waals surface area contributed by atoms with Crippen molar-refractivity contribution < 1.29 is 18.7 Å². The van der Waals surface area contributed by atoms with E-state index in [9.17, 15) is 9.18 Å². The maximum Gasteiger partial charge on any atom is 0.251 e. The summed E-state index contributed by atoms with van der Waals surface area (Å²) >= 11 is 0. The van der Waals surface area contributed by atoms with Crippen LogP contribution in [0.25, 0.3) is 0 Å². The molecule has 4 rings (SSSR count). The minimum atomic E-state index is -0.344. The van der Waals surface area contributed by atoms with E-state index in [1.807, 2.05) is 32.0 Å². The summed E-state index contributed by atoms with van der Waals surface area (Å²) in [7, 11) is 0. The minimum absolute atomic E-state index is 0.143. The van der Waals surface area contributed by atoms with Gasteiger partial charge in [-0.2, -0.15) is 0 Å². The fourth-order valence-corrected chi connectivity index (χ4v) is 4.94. The van der Waals surface area contributed by atoms with Gasteiger partial charge in [-0.25, -0.2) is 4.39 Å². The monoisotopic (exact) mass is 546 g/mol. The maximum absolute atomic E-state index is 13.4. The van der Waals surface area contributed by atoms with Gasteiger partial charge < -0.3 is 14.8 Å². The van der Waals surface area contributed by atoms with E-state index < -0.39 is 0 Å². The molecule has 0 unspecified atom stereocenters. The molecule has 0 aromatic heterocycles. The van der Waals surface area contributed by atoms with Crippen LogP contribution in [0, 0.1) is 11.7 Å². The number of rotatable bonds is 7. The Kier molecular flexibility index (Phi) is 10.3. The van der Waals surface area contributed by atoms with E-state index >= 15 is 0 Å². The Bertz CT molecular complexity index is 1260. The van der Waals surface area contributed by atoms with Crippen LogP contribution < -0.4 is 10.1 Å². The lowest BCUT2D eigenvalue weighted by Gasteiger charge is -2.26. The van der Waals surface area contributed by atoms with E-state index in [2.05, 4.69) is 48.3 Å². The Morgan fingerprint density at radius 3 is 2.55 bits per heavy atom. The Morgan fingerprint density at radius 1 is 1.00 bits per heavy atom. The summed E-state index contributed by atoms with van der Waals surface area (Å²) in [6.45, 7) is 13.5. The molecule has 1 amide bonds. The van der Waals surface area contributed by atoms with E-state index in [1.54, 1.807) is 12.1 Å². The lowest BCUT2D eigenvalue weighted by Crippen LogP contribution is -2.36. The number of carbonyl (C=O) groups is 1. The number of hydrogen-bond acceptors (Lipinski definition) is 4. The van der Waals surface area contributed by atoms with Crippen LogP contribution in [0.5, 0.6) is 5.75 Å². The Labute approximate surface area is 238 Å². The summed E-state index contributed by atoms with van der Waals surface area (Å²) in [6.07, 6.45) is 1.82. The van der Waals surface area contributed by atoms with Crippen LogP contribution in [0.15, 0.2) is 66.7 Å². The van der Waals surface area contributed by atoms with E-state index in [4.69, 9.17) is 9.47 Å². The standard InChI is InChI=1S/C34H43FN2O3/c1-25(2)14-15-37-16-17-39-18-19-40-32-13-8-28(22-29(32)21-26-6-5-7-27(20-26)23-37)33(38)36-24-34(3,4)30-9-11-31(35)12-10-30/h5-13,20,22,25H,14-19,21,23-24H2,1-4H3,(H,36,38). The van der Waals surface area contributed by atoms with Crippen molar-refractivity contribution in [1.82, 2.24) is 10.2 Å². The van der Waals surface area contributed by atoms with Crippen LogP contribution in [0.1, 0.15) is 66.7 Å². The van der Waals surface area contributed by atoms with Gasteiger partial charge in [0, 0.05) is 37.0 Å². The highest BCUT2D eigenvalue weighted by molar-refractivity contribution is 5.94. The second-order valence-electron chi connectivity index (χ2n) is 11.8. The highest BCUT2D eigenvalue weighted by Crippen LogP contribution is 2.26. The third kappa shape index (κ3) is 8.64. The van der Waals surface area contributed by atoms with Gasteiger partial charge in [0.15, 0.2) is 0 Å². The Balaban J connectivity index is 1.51. The molecule has 0 fully saturated rings. The zero-order chi connectivity index (χ0) is 28.5. The van der Waals surface area contributed by atoms with E-state index in [1.165, 1.54) is 23.3 Å². The van der Waals surface area contributed by atoms with E-state index in [0.29, 0.717) is 44.3 Å². The Hall–Kier alpha value is -3.22. The number of ether oxygens (including phenoxy) is 2. The van der Waals surface area contributed by atoms with Crippen LogP contribution in [0.2, 0.25) is 0 Å². The number of nitrogens with one attached hydrogen (secondary N) is 1. The Morgan fingerprint density at radius 2 is 1.77 bits per heavy atom. The smallest absolute Gasteiger partial charge is 0.251 e. The first-order valence-electron chi connectivity index (χ1n) is 14.4. The maximum atomic E-state index is 13.4. The van der Waals surface area contributed by atoms with Crippen molar-refractivity contribution in [3.05, 3.63) is 100 Å². The van der Waals surface area contributed by atoms with Crippen LogP contribution >= 0.6 is 0 Å². The summed E-state index contributed by atoms with van der Waals surface area (Å²) < 4.78 is 25.4. The fraction of sp³-hybridized carbons (Fsp3) is 0.441. The molecule has 5 nitrogen and oxygen atoms in total. The highest BCUT2D eigenvalue weighted by atomic mass is 19.1. The third-order valence-electron chi connectivity index (χ3n) is 7.49. The van der Waals surface area contributed by atoms with Crippen molar-refractivity contribution in [1.29, 1.82) is 0 Å². The number of hydrogen-bond donors (Lipinski definition) is 1. The molecule has 0 saturated heterocycles. The predicted octanol–water partition coefficient (Wildman–Crippen LogP) is 6.38. The van der Waals surface area contributed by atoms with Crippen LogP contribution in [-0.4, -0.2) is 50.3 Å². The first-order chi connectivity index (χ1) is 19.2. The van der Waals surface area contributed by atoms with Gasteiger partial charge in [0.05, 0.1) is 13.2 Å². The molecule has 3 aromatic carbocycles. The van der Waals surface area contributed by atoms with Gasteiger partial charge in [-0.05, 0) is 71.5 Å². The SMILES string of the molecule is CC(C)CCN1CCOCCOc2ccc(C(=O)NCC(C)(C)c3ccc(F)cc3)cc2Cc2cccc(c2)C1. The van der Waals surface area contributed by atoms with Gasteiger partial charge in [-0.1, -0.05) is 64.1 Å².